The molecule has 0 bridgehead atoms. The number of benzene rings is 1. The zero-order chi connectivity index (χ0) is 11.8. The molecule has 1 aliphatic heterocycles. The van der Waals surface area contributed by atoms with Gasteiger partial charge in [0.25, 0.3) is 0 Å². The van der Waals surface area contributed by atoms with E-state index in [1.807, 2.05) is 0 Å². The Bertz CT molecular complexity index is 361. The average molecular weight is 266 g/mol. The molecule has 1 aromatic rings. The van der Waals surface area contributed by atoms with Gasteiger partial charge in [0.05, 0.1) is 5.56 Å². The van der Waals surface area contributed by atoms with Gasteiger partial charge in [-0.2, -0.15) is 13.2 Å². The lowest BCUT2D eigenvalue weighted by molar-refractivity contribution is -0.137. The summed E-state index contributed by atoms with van der Waals surface area (Å²) in [5, 5.41) is 3.30. The summed E-state index contributed by atoms with van der Waals surface area (Å²) in [5.74, 6) is 0.590. The van der Waals surface area contributed by atoms with E-state index < -0.39 is 11.7 Å². The van der Waals surface area contributed by atoms with Crippen molar-refractivity contribution in [2.24, 2.45) is 5.92 Å². The number of hydrogen-bond acceptors (Lipinski definition) is 1. The fourth-order valence-corrected chi connectivity index (χ4v) is 2.07. The predicted molar refractivity (Wildman–Crippen MR) is 63.2 cm³/mol. The van der Waals surface area contributed by atoms with Gasteiger partial charge >= 0.3 is 6.18 Å². The Morgan fingerprint density at radius 1 is 1.18 bits per heavy atom. The largest absolute Gasteiger partial charge is 0.416 e. The zero-order valence-electron chi connectivity index (χ0n) is 9.42. The molecule has 0 radical (unpaired) electrons. The van der Waals surface area contributed by atoms with E-state index in [1.165, 1.54) is 0 Å². The third-order valence-corrected chi connectivity index (χ3v) is 2.99. The van der Waals surface area contributed by atoms with Crippen molar-refractivity contribution >= 4 is 12.4 Å². The van der Waals surface area contributed by atoms with Crippen LogP contribution >= 0.6 is 12.4 Å². The molecule has 96 valence electrons. The van der Waals surface area contributed by atoms with E-state index in [0.717, 1.165) is 30.7 Å². The second kappa shape index (κ2) is 5.27. The normalized spacial score (nSPS) is 24.5. The first kappa shape index (κ1) is 14.3. The molecule has 2 rings (SSSR count). The second-order valence-electron chi connectivity index (χ2n) is 4.42. The van der Waals surface area contributed by atoms with Crippen molar-refractivity contribution in [3.05, 3.63) is 35.4 Å². The lowest BCUT2D eigenvalue weighted by atomic mass is 10.0. The molecule has 1 heterocycles. The molecule has 1 fully saturated rings. The maximum atomic E-state index is 12.3. The van der Waals surface area contributed by atoms with E-state index in [2.05, 4.69) is 12.2 Å². The highest BCUT2D eigenvalue weighted by Gasteiger charge is 2.30. The van der Waals surface area contributed by atoms with Crippen molar-refractivity contribution in [2.75, 3.05) is 6.54 Å². The highest BCUT2D eigenvalue weighted by Crippen LogP contribution is 2.32. The summed E-state index contributed by atoms with van der Waals surface area (Å²) in [7, 11) is 0. The highest BCUT2D eigenvalue weighted by atomic mass is 35.5. The van der Waals surface area contributed by atoms with E-state index in [4.69, 9.17) is 0 Å². The summed E-state index contributed by atoms with van der Waals surface area (Å²) in [4.78, 5) is 0. The smallest absolute Gasteiger partial charge is 0.310 e. The van der Waals surface area contributed by atoms with Crippen LogP contribution in [0.2, 0.25) is 0 Å². The first-order chi connectivity index (χ1) is 7.47. The second-order valence-corrected chi connectivity index (χ2v) is 4.42. The summed E-state index contributed by atoms with van der Waals surface area (Å²) in [5.41, 5.74) is 0.361. The van der Waals surface area contributed by atoms with Gasteiger partial charge in [0.1, 0.15) is 0 Å². The van der Waals surface area contributed by atoms with Gasteiger partial charge in [0, 0.05) is 6.04 Å². The number of rotatable bonds is 1. The van der Waals surface area contributed by atoms with Crippen LogP contribution in [0.25, 0.3) is 0 Å². The molecule has 0 aliphatic carbocycles. The molecular formula is C12H15ClF3N. The molecule has 0 saturated carbocycles. The molecule has 0 unspecified atom stereocenters. The summed E-state index contributed by atoms with van der Waals surface area (Å²) < 4.78 is 37.0. The molecule has 0 amide bonds. The predicted octanol–water partition coefficient (Wildman–Crippen LogP) is 3.80. The Morgan fingerprint density at radius 2 is 1.76 bits per heavy atom. The lowest BCUT2D eigenvalue weighted by Crippen LogP contribution is -2.13. The molecule has 2 atom stereocenters. The molecule has 0 aromatic heterocycles. The molecule has 1 nitrogen and oxygen atoms in total. The van der Waals surface area contributed by atoms with Gasteiger partial charge in [-0.25, -0.2) is 0 Å². The summed E-state index contributed by atoms with van der Waals surface area (Å²) in [6.07, 6.45) is -3.25. The monoisotopic (exact) mass is 265 g/mol. The molecule has 17 heavy (non-hydrogen) atoms. The van der Waals surface area contributed by atoms with Gasteiger partial charge in [0.15, 0.2) is 0 Å². The third-order valence-electron chi connectivity index (χ3n) is 2.99. The van der Waals surface area contributed by atoms with Gasteiger partial charge in [-0.3, -0.25) is 0 Å². The standard InChI is InChI=1S/C12H14F3N.ClH/c1-8-6-11(16-7-8)9-2-4-10(5-3-9)12(13,14)15;/h2-5,8,11,16H,6-7H2,1H3;1H/t8-,11-;/m0./s1. The fraction of sp³-hybridized carbons (Fsp3) is 0.500. The Labute approximate surface area is 105 Å². The van der Waals surface area contributed by atoms with E-state index in [-0.39, 0.29) is 18.4 Å². The van der Waals surface area contributed by atoms with Gasteiger partial charge in [-0.1, -0.05) is 19.1 Å². The molecule has 1 saturated heterocycles. The number of nitrogens with one attached hydrogen (secondary N) is 1. The van der Waals surface area contributed by atoms with Crippen LogP contribution in [0.15, 0.2) is 24.3 Å². The van der Waals surface area contributed by atoms with Gasteiger partial charge in [-0.15, -0.1) is 12.4 Å². The molecule has 1 N–H and O–H groups in total. The van der Waals surface area contributed by atoms with Crippen LogP contribution in [0, 0.1) is 5.92 Å². The summed E-state index contributed by atoms with van der Waals surface area (Å²) >= 11 is 0. The summed E-state index contributed by atoms with van der Waals surface area (Å²) in [6.45, 7) is 3.07. The van der Waals surface area contributed by atoms with Crippen LogP contribution in [0.3, 0.4) is 0 Å². The van der Waals surface area contributed by atoms with Crippen molar-refractivity contribution in [2.45, 2.75) is 25.6 Å². The molecule has 5 heteroatoms. The van der Waals surface area contributed by atoms with Crippen molar-refractivity contribution < 1.29 is 13.2 Å². The van der Waals surface area contributed by atoms with Crippen LogP contribution in [0.4, 0.5) is 13.2 Å². The van der Waals surface area contributed by atoms with E-state index in [9.17, 15) is 13.2 Å². The average Bonchev–Trinajstić information content (AvgIpc) is 2.64. The van der Waals surface area contributed by atoms with Gasteiger partial charge in [0.2, 0.25) is 0 Å². The van der Waals surface area contributed by atoms with E-state index >= 15 is 0 Å². The molecule has 0 spiro atoms. The first-order valence-electron chi connectivity index (χ1n) is 5.37. The maximum Gasteiger partial charge on any atom is 0.416 e. The fourth-order valence-electron chi connectivity index (χ4n) is 2.07. The highest BCUT2D eigenvalue weighted by molar-refractivity contribution is 5.85. The van der Waals surface area contributed by atoms with E-state index in [1.54, 1.807) is 12.1 Å². The van der Waals surface area contributed by atoms with Crippen molar-refractivity contribution in [1.82, 2.24) is 5.32 Å². The first-order valence-corrected chi connectivity index (χ1v) is 5.37. The molecular weight excluding hydrogens is 251 g/mol. The number of halogens is 4. The zero-order valence-corrected chi connectivity index (χ0v) is 10.2. The van der Waals surface area contributed by atoms with Crippen molar-refractivity contribution in [3.8, 4) is 0 Å². The van der Waals surface area contributed by atoms with Crippen LogP contribution in [0.1, 0.15) is 30.5 Å². The molecule has 1 aromatic carbocycles. The minimum absolute atomic E-state index is 0. The Kier molecular flexibility index (Phi) is 4.44. The minimum Gasteiger partial charge on any atom is -0.310 e. The maximum absolute atomic E-state index is 12.3. The quantitative estimate of drug-likeness (QED) is 0.814. The Morgan fingerprint density at radius 3 is 2.18 bits per heavy atom. The lowest BCUT2D eigenvalue weighted by Gasteiger charge is -2.12. The summed E-state index contributed by atoms with van der Waals surface area (Å²) in [6, 6.07) is 5.65. The van der Waals surface area contributed by atoms with Crippen LogP contribution in [0.5, 0.6) is 0 Å². The Hall–Kier alpha value is -0.740. The molecule has 1 aliphatic rings. The van der Waals surface area contributed by atoms with Gasteiger partial charge < -0.3 is 5.32 Å². The minimum atomic E-state index is -4.24. The van der Waals surface area contributed by atoms with Crippen molar-refractivity contribution in [3.63, 3.8) is 0 Å². The number of alkyl halides is 3. The van der Waals surface area contributed by atoms with Gasteiger partial charge in [-0.05, 0) is 36.6 Å². The topological polar surface area (TPSA) is 12.0 Å². The number of hydrogen-bond donors (Lipinski definition) is 1. The van der Waals surface area contributed by atoms with Crippen LogP contribution in [-0.2, 0) is 6.18 Å². The SMILES string of the molecule is C[C@@H]1CN[C@H](c2ccc(C(F)(F)F)cc2)C1.Cl. The third kappa shape index (κ3) is 3.36. The van der Waals surface area contributed by atoms with Crippen molar-refractivity contribution in [1.29, 1.82) is 0 Å². The Balaban J connectivity index is 0.00000144. The van der Waals surface area contributed by atoms with Crippen LogP contribution in [-0.4, -0.2) is 6.54 Å². The van der Waals surface area contributed by atoms with Crippen LogP contribution < -0.4 is 5.32 Å². The van der Waals surface area contributed by atoms with E-state index in [0.29, 0.717) is 5.92 Å².